The van der Waals surface area contributed by atoms with Crippen LogP contribution < -0.4 is 10.6 Å². The monoisotopic (exact) mass is 422 g/mol. The molecule has 1 aromatic heterocycles. The van der Waals surface area contributed by atoms with E-state index in [1.807, 2.05) is 6.92 Å². The van der Waals surface area contributed by atoms with Crippen LogP contribution in [0.15, 0.2) is 40.7 Å². The largest absolute Gasteiger partial charge is 0.463 e. The predicted molar refractivity (Wildman–Crippen MR) is 104 cm³/mol. The molecule has 148 valence electrons. The average Bonchev–Trinajstić information content (AvgIpc) is 3.14. The molecule has 1 atom stereocenters. The Bertz CT molecular complexity index is 899. The highest BCUT2D eigenvalue weighted by Gasteiger charge is 2.33. The van der Waals surface area contributed by atoms with Gasteiger partial charge >= 0.3 is 12.0 Å². The fourth-order valence-corrected chi connectivity index (χ4v) is 3.76. The van der Waals surface area contributed by atoms with Gasteiger partial charge in [-0.3, -0.25) is 0 Å². The first-order chi connectivity index (χ1) is 13.5. The summed E-state index contributed by atoms with van der Waals surface area (Å²) in [6, 6.07) is 5.89. The number of thioether (sulfide) groups is 1. The Hall–Kier alpha value is -2.59. The molecule has 0 unspecified atom stereocenters. The molecule has 0 saturated carbocycles. The second-order valence-electron chi connectivity index (χ2n) is 5.76. The molecule has 0 saturated heterocycles. The number of carbonyl (C=O) groups excluding carboxylic acids is 2. The summed E-state index contributed by atoms with van der Waals surface area (Å²) in [5, 5.41) is 18.2. The van der Waals surface area contributed by atoms with Crippen LogP contribution in [-0.4, -0.2) is 44.6 Å². The van der Waals surface area contributed by atoms with Gasteiger partial charge in [0.05, 0.1) is 18.2 Å². The van der Waals surface area contributed by atoms with Gasteiger partial charge in [-0.05, 0) is 42.0 Å². The molecular weight excluding hydrogens is 404 g/mol. The Kier molecular flexibility index (Phi) is 6.53. The van der Waals surface area contributed by atoms with E-state index < -0.39 is 18.0 Å². The number of nitrogens with zero attached hydrogens (tertiary/aromatic N) is 4. The molecule has 3 rings (SSSR count). The Morgan fingerprint density at radius 2 is 2.07 bits per heavy atom. The third-order valence-corrected chi connectivity index (χ3v) is 5.23. The summed E-state index contributed by atoms with van der Waals surface area (Å²) in [5.74, 6) is -0.202. The van der Waals surface area contributed by atoms with Crippen LogP contribution in [0.5, 0.6) is 0 Å². The van der Waals surface area contributed by atoms with E-state index in [4.69, 9.17) is 16.3 Å². The molecule has 2 N–H and O–H groups in total. The number of ether oxygens (including phenoxy) is 1. The van der Waals surface area contributed by atoms with E-state index in [9.17, 15) is 9.59 Å². The Balaban J connectivity index is 1.96. The minimum absolute atomic E-state index is 0.220. The van der Waals surface area contributed by atoms with E-state index in [2.05, 4.69) is 26.2 Å². The number of esters is 1. The number of benzene rings is 1. The highest BCUT2D eigenvalue weighted by Crippen LogP contribution is 2.30. The van der Waals surface area contributed by atoms with Crippen molar-refractivity contribution in [2.75, 3.05) is 12.4 Å². The lowest BCUT2D eigenvalue weighted by Crippen LogP contribution is -2.46. The van der Waals surface area contributed by atoms with Gasteiger partial charge in [-0.2, -0.15) is 0 Å². The van der Waals surface area contributed by atoms with Crippen molar-refractivity contribution < 1.29 is 14.3 Å². The number of urea groups is 1. The maximum atomic E-state index is 12.7. The van der Waals surface area contributed by atoms with Gasteiger partial charge in [0.1, 0.15) is 0 Å². The van der Waals surface area contributed by atoms with Crippen molar-refractivity contribution in [3.63, 3.8) is 0 Å². The first kappa shape index (κ1) is 20.2. The van der Waals surface area contributed by atoms with Gasteiger partial charge in [-0.25, -0.2) is 14.3 Å². The van der Waals surface area contributed by atoms with E-state index in [1.54, 1.807) is 35.9 Å². The molecule has 2 amide bonds. The van der Waals surface area contributed by atoms with Crippen LogP contribution in [0.3, 0.4) is 0 Å². The minimum Gasteiger partial charge on any atom is -0.463 e. The second kappa shape index (κ2) is 9.07. The Labute approximate surface area is 170 Å². The number of rotatable bonds is 7. The van der Waals surface area contributed by atoms with Crippen molar-refractivity contribution in [2.24, 2.45) is 0 Å². The zero-order valence-electron chi connectivity index (χ0n) is 15.3. The molecule has 1 aromatic carbocycles. The molecule has 0 fully saturated rings. The lowest BCUT2D eigenvalue weighted by atomic mass is 9.95. The summed E-state index contributed by atoms with van der Waals surface area (Å²) in [7, 11) is 0. The zero-order chi connectivity index (χ0) is 20.1. The quantitative estimate of drug-likeness (QED) is 0.520. The zero-order valence-corrected chi connectivity index (χ0v) is 16.9. The van der Waals surface area contributed by atoms with Gasteiger partial charge in [-0.15, -0.1) is 5.10 Å². The predicted octanol–water partition coefficient (Wildman–Crippen LogP) is 2.31. The Morgan fingerprint density at radius 3 is 2.75 bits per heavy atom. The van der Waals surface area contributed by atoms with Crippen molar-refractivity contribution in [3.8, 4) is 0 Å². The molecule has 11 heteroatoms. The second-order valence-corrected chi connectivity index (χ2v) is 7.14. The summed E-state index contributed by atoms with van der Waals surface area (Å²) in [4.78, 5) is 24.9. The van der Waals surface area contributed by atoms with Crippen molar-refractivity contribution >= 4 is 35.4 Å². The van der Waals surface area contributed by atoms with Crippen LogP contribution in [0.2, 0.25) is 5.02 Å². The van der Waals surface area contributed by atoms with Crippen molar-refractivity contribution in [3.05, 3.63) is 46.1 Å². The highest BCUT2D eigenvalue weighted by atomic mass is 35.5. The van der Waals surface area contributed by atoms with E-state index in [-0.39, 0.29) is 6.61 Å². The van der Waals surface area contributed by atoms with Crippen molar-refractivity contribution in [1.82, 2.24) is 30.8 Å². The maximum Gasteiger partial charge on any atom is 0.338 e. The molecule has 9 nitrogen and oxygen atoms in total. The maximum absolute atomic E-state index is 12.7. The van der Waals surface area contributed by atoms with Crippen LogP contribution in [0, 0.1) is 0 Å². The van der Waals surface area contributed by atoms with Gasteiger partial charge in [0, 0.05) is 23.0 Å². The van der Waals surface area contributed by atoms with Gasteiger partial charge < -0.3 is 15.4 Å². The van der Waals surface area contributed by atoms with Gasteiger partial charge in [-0.1, -0.05) is 35.5 Å². The third-order valence-electron chi connectivity index (χ3n) is 4.00. The first-order valence-corrected chi connectivity index (χ1v) is 10.0. The number of aryl methyl sites for hydroxylation is 1. The van der Waals surface area contributed by atoms with Crippen molar-refractivity contribution in [2.45, 2.75) is 31.6 Å². The van der Waals surface area contributed by atoms with E-state index >= 15 is 0 Å². The van der Waals surface area contributed by atoms with Crippen LogP contribution in [0.25, 0.3) is 0 Å². The summed E-state index contributed by atoms with van der Waals surface area (Å²) >= 11 is 7.29. The van der Waals surface area contributed by atoms with Gasteiger partial charge in [0.25, 0.3) is 0 Å². The molecule has 0 radical (unpaired) electrons. The summed E-state index contributed by atoms with van der Waals surface area (Å²) < 4.78 is 6.87. The number of hydrogen-bond donors (Lipinski definition) is 2. The summed E-state index contributed by atoms with van der Waals surface area (Å²) in [6.45, 7) is 4.49. The SMILES string of the molecule is CCOC(=O)C1=C(CSc2nnnn2CC)NC(=O)N[C@H]1c1ccc(Cl)cc1. The number of nitrogens with one attached hydrogen (secondary N) is 2. The number of halogens is 1. The number of amides is 2. The molecule has 1 aliphatic heterocycles. The van der Waals surface area contributed by atoms with Crippen LogP contribution in [-0.2, 0) is 16.1 Å². The lowest BCUT2D eigenvalue weighted by Gasteiger charge is -2.29. The molecular formula is C17H19ClN6O3S. The normalized spacial score (nSPS) is 16.5. The minimum atomic E-state index is -0.650. The number of tetrazole rings is 1. The van der Waals surface area contributed by atoms with Gasteiger partial charge in [0.15, 0.2) is 0 Å². The number of aromatic nitrogens is 4. The fraction of sp³-hybridized carbons (Fsp3) is 0.353. The molecule has 0 spiro atoms. The Morgan fingerprint density at radius 1 is 1.32 bits per heavy atom. The van der Waals surface area contributed by atoms with Crippen LogP contribution in [0.1, 0.15) is 25.5 Å². The first-order valence-electron chi connectivity index (χ1n) is 8.65. The average molecular weight is 423 g/mol. The smallest absolute Gasteiger partial charge is 0.338 e. The topological polar surface area (TPSA) is 111 Å². The number of hydrogen-bond acceptors (Lipinski definition) is 7. The fourth-order valence-electron chi connectivity index (χ4n) is 2.72. The van der Waals surface area contributed by atoms with Gasteiger partial charge in [0.2, 0.25) is 5.16 Å². The van der Waals surface area contributed by atoms with Crippen molar-refractivity contribution in [1.29, 1.82) is 0 Å². The molecule has 2 heterocycles. The molecule has 1 aliphatic rings. The standard InChI is InChI=1S/C17H19ClN6O3S/c1-3-24-17(21-22-23-24)28-9-12-13(15(25)27-4-2)14(20-16(26)19-12)10-5-7-11(18)8-6-10/h5-8,14H,3-4,9H2,1-2H3,(H2,19,20,26)/t14-/m0/s1. The highest BCUT2D eigenvalue weighted by molar-refractivity contribution is 7.99. The van der Waals surface area contributed by atoms with E-state index in [0.717, 1.165) is 5.56 Å². The van der Waals surface area contributed by atoms with Crippen LogP contribution >= 0.6 is 23.4 Å². The summed E-state index contributed by atoms with van der Waals surface area (Å²) in [6.07, 6.45) is 0. The van der Waals surface area contributed by atoms with E-state index in [0.29, 0.717) is 33.7 Å². The summed E-state index contributed by atoms with van der Waals surface area (Å²) in [5.41, 5.74) is 1.52. The van der Waals surface area contributed by atoms with Crippen LogP contribution in [0.4, 0.5) is 4.79 Å². The molecule has 0 aliphatic carbocycles. The molecule has 28 heavy (non-hydrogen) atoms. The molecule has 2 aromatic rings. The number of carbonyl (C=O) groups is 2. The third kappa shape index (κ3) is 4.45. The lowest BCUT2D eigenvalue weighted by molar-refractivity contribution is -0.139. The molecule has 0 bridgehead atoms. The van der Waals surface area contributed by atoms with E-state index in [1.165, 1.54) is 11.8 Å².